The van der Waals surface area contributed by atoms with Crippen LogP contribution in [-0.4, -0.2) is 27.9 Å². The first-order valence-electron chi connectivity index (χ1n) is 7.19. The highest BCUT2D eigenvalue weighted by Crippen LogP contribution is 2.38. The first kappa shape index (κ1) is 16.0. The van der Waals surface area contributed by atoms with Gasteiger partial charge in [0.15, 0.2) is 6.61 Å². The average Bonchev–Trinajstić information content (AvgIpc) is 3.17. The molecule has 1 aliphatic carbocycles. The molecule has 1 saturated carbocycles. The number of aromatic nitrogens is 2. The summed E-state index contributed by atoms with van der Waals surface area (Å²) in [5, 5.41) is 0. The summed E-state index contributed by atoms with van der Waals surface area (Å²) in [4.78, 5) is 49.2. The highest BCUT2D eigenvalue weighted by Gasteiger charge is 2.40. The maximum Gasteiger partial charge on any atom is 0.329 e. The first-order chi connectivity index (χ1) is 10.4. The third kappa shape index (κ3) is 3.10. The molecule has 0 amide bonds. The van der Waals surface area contributed by atoms with E-state index in [4.69, 9.17) is 10.5 Å². The Hall–Kier alpha value is -2.38. The Labute approximate surface area is 126 Å². The van der Waals surface area contributed by atoms with Gasteiger partial charge in [0.2, 0.25) is 5.78 Å². The van der Waals surface area contributed by atoms with E-state index >= 15 is 0 Å². The molecule has 22 heavy (non-hydrogen) atoms. The summed E-state index contributed by atoms with van der Waals surface area (Å²) in [6.45, 7) is 3.47. The minimum atomic E-state index is -0.865. The molecule has 2 atom stereocenters. The number of nitrogens with zero attached hydrogens (tertiary/aromatic N) is 1. The SMILES string of the molecule is CCCn1c(N)c(C(=O)COC(=O)[C@H]2C[C@H]2C)c(=O)[nH]c1=O. The van der Waals surface area contributed by atoms with Gasteiger partial charge in [0.25, 0.3) is 5.56 Å². The van der Waals surface area contributed by atoms with Crippen LogP contribution in [0.25, 0.3) is 0 Å². The molecule has 3 N–H and O–H groups in total. The number of rotatable bonds is 6. The predicted molar refractivity (Wildman–Crippen MR) is 78.6 cm³/mol. The monoisotopic (exact) mass is 309 g/mol. The number of nitrogens with two attached hydrogens (primary N) is 1. The molecule has 0 aromatic carbocycles. The number of carbonyl (C=O) groups is 2. The van der Waals surface area contributed by atoms with Gasteiger partial charge in [0, 0.05) is 6.54 Å². The summed E-state index contributed by atoms with van der Waals surface area (Å²) in [7, 11) is 0. The third-order valence-electron chi connectivity index (χ3n) is 3.72. The topological polar surface area (TPSA) is 124 Å². The van der Waals surface area contributed by atoms with Gasteiger partial charge in [0.05, 0.1) is 5.92 Å². The fourth-order valence-corrected chi connectivity index (χ4v) is 2.27. The van der Waals surface area contributed by atoms with E-state index in [0.29, 0.717) is 6.42 Å². The number of hydrogen-bond donors (Lipinski definition) is 2. The van der Waals surface area contributed by atoms with Crippen LogP contribution in [0.15, 0.2) is 9.59 Å². The summed E-state index contributed by atoms with van der Waals surface area (Å²) in [5.41, 5.74) is 3.88. The summed E-state index contributed by atoms with van der Waals surface area (Å²) >= 11 is 0. The first-order valence-corrected chi connectivity index (χ1v) is 7.19. The van der Waals surface area contributed by atoms with Crippen molar-refractivity contribution in [3.05, 3.63) is 26.4 Å². The van der Waals surface area contributed by atoms with Gasteiger partial charge in [-0.25, -0.2) is 4.79 Å². The second kappa shape index (κ2) is 6.17. The van der Waals surface area contributed by atoms with Gasteiger partial charge in [0.1, 0.15) is 11.4 Å². The molecule has 1 aromatic rings. The average molecular weight is 309 g/mol. The number of Topliss-reactive ketones (excluding diaryl/α,β-unsaturated/α-hetero) is 1. The molecule has 120 valence electrons. The molecule has 0 radical (unpaired) electrons. The largest absolute Gasteiger partial charge is 0.457 e. The zero-order valence-corrected chi connectivity index (χ0v) is 12.5. The Bertz CT molecular complexity index is 718. The normalized spacial score (nSPS) is 19.7. The highest BCUT2D eigenvalue weighted by molar-refractivity contribution is 6.01. The van der Waals surface area contributed by atoms with E-state index in [1.807, 2.05) is 13.8 Å². The predicted octanol–water partition coefficient (Wildman–Crippen LogP) is -0.0893. The fourth-order valence-electron chi connectivity index (χ4n) is 2.27. The molecule has 0 aliphatic heterocycles. The quantitative estimate of drug-likeness (QED) is 0.559. The van der Waals surface area contributed by atoms with Crippen molar-refractivity contribution in [2.45, 2.75) is 33.2 Å². The molecule has 1 aromatic heterocycles. The van der Waals surface area contributed by atoms with Gasteiger partial charge < -0.3 is 10.5 Å². The van der Waals surface area contributed by atoms with Crippen molar-refractivity contribution < 1.29 is 14.3 Å². The van der Waals surface area contributed by atoms with Crippen molar-refractivity contribution in [1.82, 2.24) is 9.55 Å². The van der Waals surface area contributed by atoms with Crippen LogP contribution in [0.4, 0.5) is 5.82 Å². The van der Waals surface area contributed by atoms with E-state index < -0.39 is 29.6 Å². The number of H-pyrrole nitrogens is 1. The molecule has 0 unspecified atom stereocenters. The standard InChI is InChI=1S/C14H19N3O5/c1-3-4-17-11(15)10(12(19)16-14(17)21)9(18)6-22-13(20)8-5-7(8)2/h7-8H,3-6,15H2,1-2H3,(H,16,19,21)/t7-,8+/m1/s1. The van der Waals surface area contributed by atoms with Crippen LogP contribution in [0.2, 0.25) is 0 Å². The van der Waals surface area contributed by atoms with Crippen LogP contribution in [0.3, 0.4) is 0 Å². The Balaban J connectivity index is 2.18. The van der Waals surface area contributed by atoms with Crippen LogP contribution in [0.1, 0.15) is 37.0 Å². The van der Waals surface area contributed by atoms with Crippen LogP contribution in [0, 0.1) is 11.8 Å². The minimum absolute atomic E-state index is 0.169. The molecule has 2 rings (SSSR count). The van der Waals surface area contributed by atoms with E-state index in [1.165, 1.54) is 0 Å². The van der Waals surface area contributed by atoms with E-state index in [-0.39, 0.29) is 29.8 Å². The number of ether oxygens (including phenoxy) is 1. The molecular weight excluding hydrogens is 290 g/mol. The maximum atomic E-state index is 12.1. The second-order valence-electron chi connectivity index (χ2n) is 5.52. The van der Waals surface area contributed by atoms with Gasteiger partial charge in [-0.05, 0) is 18.8 Å². The van der Waals surface area contributed by atoms with Crippen molar-refractivity contribution in [2.24, 2.45) is 11.8 Å². The molecule has 1 aliphatic rings. The Morgan fingerprint density at radius 1 is 1.41 bits per heavy atom. The Morgan fingerprint density at radius 2 is 2.05 bits per heavy atom. The summed E-state index contributed by atoms with van der Waals surface area (Å²) in [5.74, 6) is -1.26. The van der Waals surface area contributed by atoms with Gasteiger partial charge in [-0.1, -0.05) is 13.8 Å². The number of nitrogens with one attached hydrogen (secondary N) is 1. The van der Waals surface area contributed by atoms with E-state index in [9.17, 15) is 19.2 Å². The highest BCUT2D eigenvalue weighted by atomic mass is 16.5. The van der Waals surface area contributed by atoms with E-state index in [1.54, 1.807) is 0 Å². The van der Waals surface area contributed by atoms with Crippen molar-refractivity contribution in [3.63, 3.8) is 0 Å². The lowest BCUT2D eigenvalue weighted by atomic mass is 10.2. The minimum Gasteiger partial charge on any atom is -0.457 e. The number of aromatic amines is 1. The molecule has 1 fully saturated rings. The Kier molecular flexibility index (Phi) is 4.48. The van der Waals surface area contributed by atoms with Crippen molar-refractivity contribution in [2.75, 3.05) is 12.3 Å². The molecular formula is C14H19N3O5. The number of ketones is 1. The van der Waals surface area contributed by atoms with Crippen molar-refractivity contribution in [1.29, 1.82) is 0 Å². The van der Waals surface area contributed by atoms with Gasteiger partial charge >= 0.3 is 11.7 Å². The molecule has 1 heterocycles. The fraction of sp³-hybridized carbons (Fsp3) is 0.571. The number of anilines is 1. The lowest BCUT2D eigenvalue weighted by molar-refractivity contribution is -0.144. The van der Waals surface area contributed by atoms with Crippen molar-refractivity contribution in [3.8, 4) is 0 Å². The van der Waals surface area contributed by atoms with Crippen LogP contribution >= 0.6 is 0 Å². The lowest BCUT2D eigenvalue weighted by Crippen LogP contribution is -2.37. The van der Waals surface area contributed by atoms with E-state index in [0.717, 1.165) is 11.0 Å². The van der Waals surface area contributed by atoms with Crippen molar-refractivity contribution >= 4 is 17.6 Å². The molecule has 0 saturated heterocycles. The summed E-state index contributed by atoms with van der Waals surface area (Å²) in [6.07, 6.45) is 1.36. The zero-order chi connectivity index (χ0) is 16.4. The summed E-state index contributed by atoms with van der Waals surface area (Å²) < 4.78 is 6.03. The Morgan fingerprint density at radius 3 is 2.59 bits per heavy atom. The molecule has 0 spiro atoms. The zero-order valence-electron chi connectivity index (χ0n) is 12.5. The maximum absolute atomic E-state index is 12.1. The number of nitrogen functional groups attached to an aromatic ring is 1. The number of hydrogen-bond acceptors (Lipinski definition) is 6. The van der Waals surface area contributed by atoms with Crippen LogP contribution in [0.5, 0.6) is 0 Å². The van der Waals surface area contributed by atoms with Gasteiger partial charge in [-0.3, -0.25) is 23.9 Å². The molecule has 8 nitrogen and oxygen atoms in total. The van der Waals surface area contributed by atoms with Crippen LogP contribution in [-0.2, 0) is 16.1 Å². The second-order valence-corrected chi connectivity index (χ2v) is 5.52. The van der Waals surface area contributed by atoms with Gasteiger partial charge in [-0.2, -0.15) is 0 Å². The van der Waals surface area contributed by atoms with E-state index in [2.05, 4.69) is 4.98 Å². The number of carbonyl (C=O) groups excluding carboxylic acids is 2. The van der Waals surface area contributed by atoms with Crippen LogP contribution < -0.4 is 17.0 Å². The lowest BCUT2D eigenvalue weighted by Gasteiger charge is -2.11. The third-order valence-corrected chi connectivity index (χ3v) is 3.72. The molecule has 8 heteroatoms. The smallest absolute Gasteiger partial charge is 0.329 e. The summed E-state index contributed by atoms with van der Waals surface area (Å²) in [6, 6.07) is 0. The number of esters is 1. The van der Waals surface area contributed by atoms with Gasteiger partial charge in [-0.15, -0.1) is 0 Å². The molecule has 0 bridgehead atoms.